The van der Waals surface area contributed by atoms with Crippen LogP contribution in [0.2, 0.25) is 0 Å². The molecular weight excluding hydrogens is 379 g/mol. The molecule has 6 heteroatoms. The molecule has 1 spiro atoms. The van der Waals surface area contributed by atoms with E-state index in [1.165, 1.54) is 12.1 Å². The molecule has 0 bridgehead atoms. The molecule has 1 aromatic heterocycles. The van der Waals surface area contributed by atoms with Gasteiger partial charge in [0.05, 0.1) is 16.7 Å². The zero-order valence-corrected chi connectivity index (χ0v) is 16.8. The summed E-state index contributed by atoms with van der Waals surface area (Å²) in [7, 11) is 1.73. The van der Waals surface area contributed by atoms with Gasteiger partial charge in [0.1, 0.15) is 11.6 Å². The van der Waals surface area contributed by atoms with E-state index in [9.17, 15) is 9.18 Å². The lowest BCUT2D eigenvalue weighted by Crippen LogP contribution is -2.52. The monoisotopic (exact) mass is 398 g/mol. The van der Waals surface area contributed by atoms with Crippen LogP contribution in [0.5, 0.6) is 0 Å². The first kappa shape index (κ1) is 17.2. The predicted octanol–water partition coefficient (Wildman–Crippen LogP) is 4.56. The molecular formula is C24H19FN4O. The first-order valence-electron chi connectivity index (χ1n) is 9.88. The molecule has 0 saturated heterocycles. The zero-order chi connectivity index (χ0) is 20.8. The lowest BCUT2D eigenvalue weighted by Gasteiger charge is -2.38. The van der Waals surface area contributed by atoms with Crippen LogP contribution in [0.1, 0.15) is 16.7 Å². The maximum Gasteiger partial charge on any atom is 0.278 e. The van der Waals surface area contributed by atoms with Crippen LogP contribution >= 0.6 is 0 Å². The molecule has 148 valence electrons. The van der Waals surface area contributed by atoms with E-state index >= 15 is 0 Å². The summed E-state index contributed by atoms with van der Waals surface area (Å²) in [5.41, 5.74) is 5.58. The molecule has 0 fully saturated rings. The van der Waals surface area contributed by atoms with Crippen LogP contribution in [0.25, 0.3) is 22.4 Å². The number of hydrogen-bond donors (Lipinski definition) is 1. The molecule has 30 heavy (non-hydrogen) atoms. The number of imidazole rings is 1. The van der Waals surface area contributed by atoms with E-state index in [0.29, 0.717) is 17.1 Å². The molecule has 2 aliphatic rings. The zero-order valence-electron chi connectivity index (χ0n) is 16.8. The molecule has 1 amide bonds. The van der Waals surface area contributed by atoms with Crippen molar-refractivity contribution in [2.45, 2.75) is 19.5 Å². The topological polar surface area (TPSA) is 50.2 Å². The second kappa shape index (κ2) is 5.48. The summed E-state index contributed by atoms with van der Waals surface area (Å²) >= 11 is 0. The number of para-hydroxylation sites is 1. The lowest BCUT2D eigenvalue weighted by molar-refractivity contribution is -0.122. The van der Waals surface area contributed by atoms with Crippen molar-refractivity contribution in [2.75, 3.05) is 17.3 Å². The highest BCUT2D eigenvalue weighted by Gasteiger charge is 2.55. The normalized spacial score (nSPS) is 19.1. The number of carbonyl (C=O) groups excluding carboxylic acids is 1. The van der Waals surface area contributed by atoms with Gasteiger partial charge in [-0.1, -0.05) is 12.1 Å². The number of anilines is 2. The number of nitrogens with zero attached hydrogens (tertiary/aromatic N) is 3. The van der Waals surface area contributed by atoms with Gasteiger partial charge >= 0.3 is 0 Å². The molecule has 3 aromatic carbocycles. The third kappa shape index (κ3) is 1.91. The largest absolute Gasteiger partial charge is 0.350 e. The summed E-state index contributed by atoms with van der Waals surface area (Å²) in [4.78, 5) is 20.3. The fourth-order valence-corrected chi connectivity index (χ4v) is 4.79. The van der Waals surface area contributed by atoms with Crippen LogP contribution < -0.4 is 10.2 Å². The average molecular weight is 398 g/mol. The van der Waals surface area contributed by atoms with Gasteiger partial charge in [-0.25, -0.2) is 9.37 Å². The molecule has 3 heterocycles. The van der Waals surface area contributed by atoms with Crippen molar-refractivity contribution < 1.29 is 9.18 Å². The molecule has 1 N–H and O–H groups in total. The fourth-order valence-electron chi connectivity index (χ4n) is 4.79. The molecule has 1 atom stereocenters. The van der Waals surface area contributed by atoms with Crippen molar-refractivity contribution in [2.24, 2.45) is 0 Å². The number of amides is 1. The second-order valence-electron chi connectivity index (χ2n) is 8.10. The van der Waals surface area contributed by atoms with Gasteiger partial charge in [-0.3, -0.25) is 9.36 Å². The number of aryl methyl sites for hydroxylation is 2. The van der Waals surface area contributed by atoms with Crippen LogP contribution in [0, 0.1) is 19.7 Å². The Labute approximate surface area is 172 Å². The minimum absolute atomic E-state index is 0.170. The molecule has 5 nitrogen and oxygen atoms in total. The Bertz CT molecular complexity index is 1410. The number of carbonyl (C=O) groups is 1. The quantitative estimate of drug-likeness (QED) is 0.472. The maximum absolute atomic E-state index is 14.4. The van der Waals surface area contributed by atoms with Crippen LogP contribution in [0.3, 0.4) is 0 Å². The van der Waals surface area contributed by atoms with Crippen molar-refractivity contribution in [1.82, 2.24) is 9.55 Å². The Hall–Kier alpha value is -3.67. The minimum Gasteiger partial charge on any atom is -0.350 e. The van der Waals surface area contributed by atoms with Gasteiger partial charge in [0.2, 0.25) is 5.66 Å². The standard InChI is InChI=1S/C24H19FN4O/c1-13-10-19-21(11-14(13)2)29-22(26-19)16-6-4-5-7-18(16)27-24(29)17-12-15(25)8-9-20(17)28(3)23(24)30/h4-12,27H,1-3H3. The van der Waals surface area contributed by atoms with E-state index in [1.807, 2.05) is 48.7 Å². The number of nitrogens with one attached hydrogen (secondary N) is 1. The van der Waals surface area contributed by atoms with Crippen molar-refractivity contribution in [3.8, 4) is 11.4 Å². The molecule has 6 rings (SSSR count). The number of aromatic nitrogens is 2. The Kier molecular flexibility index (Phi) is 3.14. The molecule has 4 aromatic rings. The number of likely N-dealkylation sites (N-methyl/N-ethyl adjacent to an activating group) is 1. The molecule has 1 unspecified atom stereocenters. The highest BCUT2D eigenvalue weighted by Crippen LogP contribution is 2.50. The molecule has 2 aliphatic heterocycles. The summed E-state index contributed by atoms with van der Waals surface area (Å²) in [5.74, 6) is 0.148. The average Bonchev–Trinajstić information content (AvgIpc) is 3.19. The van der Waals surface area contributed by atoms with Gasteiger partial charge in [-0.15, -0.1) is 0 Å². The number of rotatable bonds is 0. The minimum atomic E-state index is -1.30. The van der Waals surface area contributed by atoms with E-state index in [2.05, 4.69) is 11.4 Å². The SMILES string of the molecule is Cc1cc2nc3n(c2cc1C)C1(Nc2ccccc2-3)C(=O)N(C)c2ccc(F)cc21. The molecule has 0 saturated carbocycles. The second-order valence-corrected chi connectivity index (χ2v) is 8.10. The van der Waals surface area contributed by atoms with Gasteiger partial charge < -0.3 is 10.2 Å². The number of benzene rings is 3. The number of hydrogen-bond acceptors (Lipinski definition) is 3. The van der Waals surface area contributed by atoms with Gasteiger partial charge in [-0.05, 0) is 67.4 Å². The lowest BCUT2D eigenvalue weighted by atomic mass is 9.95. The molecule has 0 aliphatic carbocycles. The Morgan fingerprint density at radius 3 is 2.63 bits per heavy atom. The van der Waals surface area contributed by atoms with Gasteiger partial charge in [0.15, 0.2) is 0 Å². The number of halogens is 1. The third-order valence-corrected chi connectivity index (χ3v) is 6.41. The van der Waals surface area contributed by atoms with Crippen molar-refractivity contribution in [1.29, 1.82) is 0 Å². The number of fused-ring (bicyclic) bond motifs is 8. The van der Waals surface area contributed by atoms with Crippen molar-refractivity contribution in [3.05, 3.63) is 77.1 Å². The van der Waals surface area contributed by atoms with E-state index in [4.69, 9.17) is 4.98 Å². The molecule has 0 radical (unpaired) electrons. The smallest absolute Gasteiger partial charge is 0.278 e. The van der Waals surface area contributed by atoms with Crippen molar-refractivity contribution >= 4 is 28.3 Å². The summed E-state index contributed by atoms with van der Waals surface area (Å²) in [6, 6.07) is 16.4. The fraction of sp³-hybridized carbons (Fsp3) is 0.167. The van der Waals surface area contributed by atoms with E-state index in [-0.39, 0.29) is 11.7 Å². The summed E-state index contributed by atoms with van der Waals surface area (Å²) in [5, 5.41) is 3.47. The Balaban J connectivity index is 1.81. The van der Waals surface area contributed by atoms with Crippen LogP contribution in [-0.2, 0) is 10.5 Å². The predicted molar refractivity (Wildman–Crippen MR) is 115 cm³/mol. The Morgan fingerprint density at radius 2 is 1.80 bits per heavy atom. The third-order valence-electron chi connectivity index (χ3n) is 6.41. The van der Waals surface area contributed by atoms with E-state index in [1.54, 1.807) is 18.0 Å². The highest BCUT2D eigenvalue weighted by molar-refractivity contribution is 6.11. The van der Waals surface area contributed by atoms with Gasteiger partial charge in [-0.2, -0.15) is 0 Å². The van der Waals surface area contributed by atoms with E-state index < -0.39 is 5.66 Å². The first-order valence-corrected chi connectivity index (χ1v) is 9.88. The van der Waals surface area contributed by atoms with Gasteiger partial charge in [0.25, 0.3) is 5.91 Å². The summed E-state index contributed by atoms with van der Waals surface area (Å²) < 4.78 is 16.3. The summed E-state index contributed by atoms with van der Waals surface area (Å²) in [6.07, 6.45) is 0. The highest BCUT2D eigenvalue weighted by atomic mass is 19.1. The Morgan fingerprint density at radius 1 is 1.03 bits per heavy atom. The summed E-state index contributed by atoms with van der Waals surface area (Å²) in [6.45, 7) is 4.09. The van der Waals surface area contributed by atoms with Crippen LogP contribution in [0.4, 0.5) is 15.8 Å². The van der Waals surface area contributed by atoms with Crippen LogP contribution in [0.15, 0.2) is 54.6 Å². The van der Waals surface area contributed by atoms with Gasteiger partial charge in [0, 0.05) is 23.9 Å². The van der Waals surface area contributed by atoms with Crippen LogP contribution in [-0.4, -0.2) is 22.5 Å². The maximum atomic E-state index is 14.4. The first-order chi connectivity index (χ1) is 14.4. The van der Waals surface area contributed by atoms with E-state index in [0.717, 1.165) is 33.4 Å². The van der Waals surface area contributed by atoms with Crippen molar-refractivity contribution in [3.63, 3.8) is 0 Å².